The Bertz CT molecular complexity index is 129. The number of ether oxygens (including phenoxy) is 4. The first-order valence-electron chi connectivity index (χ1n) is 5.20. The van der Waals surface area contributed by atoms with Gasteiger partial charge in [-0.25, -0.2) is 0 Å². The van der Waals surface area contributed by atoms with E-state index in [9.17, 15) is 4.79 Å². The van der Waals surface area contributed by atoms with Gasteiger partial charge in [0.2, 0.25) is 0 Å². The van der Waals surface area contributed by atoms with Gasteiger partial charge < -0.3 is 18.9 Å². The Kier molecular flexibility index (Phi) is 12.8. The van der Waals surface area contributed by atoms with Gasteiger partial charge in [0.1, 0.15) is 6.61 Å². The van der Waals surface area contributed by atoms with E-state index in [0.29, 0.717) is 46.1 Å². The van der Waals surface area contributed by atoms with E-state index in [2.05, 4.69) is 11.7 Å². The zero-order chi connectivity index (χ0) is 11.2. The van der Waals surface area contributed by atoms with Gasteiger partial charge in [0, 0.05) is 6.61 Å². The first-order valence-corrected chi connectivity index (χ1v) is 5.20. The van der Waals surface area contributed by atoms with Crippen LogP contribution >= 0.6 is 0 Å². The highest BCUT2D eigenvalue weighted by atomic mass is 16.6. The molecule has 0 aromatic rings. The summed E-state index contributed by atoms with van der Waals surface area (Å²) in [5, 5.41) is 0. The second-order valence-corrected chi connectivity index (χ2v) is 2.80. The largest absolute Gasteiger partial charge is 0.465 e. The fourth-order valence-electron chi connectivity index (χ4n) is 0.841. The van der Waals surface area contributed by atoms with Crippen LogP contribution in [-0.2, 0) is 23.7 Å². The van der Waals surface area contributed by atoms with Gasteiger partial charge in [-0.3, -0.25) is 4.79 Å². The van der Waals surface area contributed by atoms with Gasteiger partial charge >= 0.3 is 0 Å². The maximum absolute atomic E-state index is 9.75. The van der Waals surface area contributed by atoms with Crippen LogP contribution < -0.4 is 0 Å². The van der Waals surface area contributed by atoms with Crippen molar-refractivity contribution < 1.29 is 23.7 Å². The summed E-state index contributed by atoms with van der Waals surface area (Å²) < 4.78 is 20.0. The molecule has 0 aliphatic heterocycles. The van der Waals surface area contributed by atoms with Crippen LogP contribution in [0, 0.1) is 0 Å². The number of rotatable bonds is 12. The van der Waals surface area contributed by atoms with Crippen molar-refractivity contribution in [3.05, 3.63) is 0 Å². The molecular formula is C10H20O5. The minimum absolute atomic E-state index is 0.295. The normalized spacial score (nSPS) is 10.2. The molecule has 0 radical (unpaired) electrons. The minimum Gasteiger partial charge on any atom is -0.465 e. The first kappa shape index (κ1) is 14.3. The van der Waals surface area contributed by atoms with Crippen molar-refractivity contribution in [1.82, 2.24) is 0 Å². The highest BCUT2D eigenvalue weighted by Crippen LogP contribution is 1.83. The maximum Gasteiger partial charge on any atom is 0.293 e. The molecule has 0 bridgehead atoms. The van der Waals surface area contributed by atoms with Gasteiger partial charge in [-0.2, -0.15) is 0 Å². The lowest BCUT2D eigenvalue weighted by atomic mass is 10.5. The Hall–Kier alpha value is -0.650. The molecule has 0 heterocycles. The predicted octanol–water partition coefficient (Wildman–Crippen LogP) is 0.619. The molecule has 0 aromatic carbocycles. The lowest BCUT2D eigenvalue weighted by Gasteiger charge is -2.05. The molecule has 15 heavy (non-hydrogen) atoms. The van der Waals surface area contributed by atoms with Gasteiger partial charge in [-0.1, -0.05) is 6.92 Å². The van der Waals surface area contributed by atoms with Crippen molar-refractivity contribution in [2.45, 2.75) is 13.3 Å². The van der Waals surface area contributed by atoms with Crippen molar-refractivity contribution in [3.8, 4) is 0 Å². The quantitative estimate of drug-likeness (QED) is 0.356. The van der Waals surface area contributed by atoms with Gasteiger partial charge in [0.25, 0.3) is 6.47 Å². The number of hydrogen-bond donors (Lipinski definition) is 0. The molecule has 0 unspecified atom stereocenters. The number of carbonyl (C=O) groups excluding carboxylic acids is 1. The van der Waals surface area contributed by atoms with Gasteiger partial charge in [0.05, 0.1) is 33.0 Å². The highest BCUT2D eigenvalue weighted by molar-refractivity contribution is 5.36. The Morgan fingerprint density at radius 3 is 1.73 bits per heavy atom. The SMILES string of the molecule is CCCOCCOCCOCCOC=O. The standard InChI is InChI=1S/C10H20O5/c1-2-3-12-4-5-13-6-7-14-8-9-15-10-11/h10H,2-9H2,1H3. The third kappa shape index (κ3) is 13.3. The Labute approximate surface area is 90.6 Å². The van der Waals surface area contributed by atoms with Crippen molar-refractivity contribution in [3.63, 3.8) is 0 Å². The Morgan fingerprint density at radius 2 is 1.27 bits per heavy atom. The van der Waals surface area contributed by atoms with E-state index in [-0.39, 0.29) is 0 Å². The predicted molar refractivity (Wildman–Crippen MR) is 54.8 cm³/mol. The third-order valence-electron chi connectivity index (χ3n) is 1.51. The number of hydrogen-bond acceptors (Lipinski definition) is 5. The van der Waals surface area contributed by atoms with E-state index in [4.69, 9.17) is 14.2 Å². The molecule has 0 aromatic heterocycles. The lowest BCUT2D eigenvalue weighted by Crippen LogP contribution is -2.11. The molecule has 0 aliphatic rings. The van der Waals surface area contributed by atoms with Crippen molar-refractivity contribution in [2.24, 2.45) is 0 Å². The second kappa shape index (κ2) is 13.4. The van der Waals surface area contributed by atoms with Crippen molar-refractivity contribution in [2.75, 3.05) is 46.2 Å². The Balaban J connectivity index is 2.83. The Morgan fingerprint density at radius 1 is 0.800 bits per heavy atom. The molecule has 0 atom stereocenters. The smallest absolute Gasteiger partial charge is 0.293 e. The van der Waals surface area contributed by atoms with E-state index >= 15 is 0 Å². The van der Waals surface area contributed by atoms with E-state index < -0.39 is 0 Å². The van der Waals surface area contributed by atoms with Crippen LogP contribution in [0.2, 0.25) is 0 Å². The summed E-state index contributed by atoms with van der Waals surface area (Å²) in [6.45, 7) is 6.23. The molecule has 5 heteroatoms. The molecule has 0 spiro atoms. The van der Waals surface area contributed by atoms with Crippen LogP contribution in [0.15, 0.2) is 0 Å². The van der Waals surface area contributed by atoms with Crippen LogP contribution in [0.3, 0.4) is 0 Å². The molecule has 0 amide bonds. The number of carbonyl (C=O) groups is 1. The van der Waals surface area contributed by atoms with Gasteiger partial charge in [0.15, 0.2) is 0 Å². The van der Waals surface area contributed by atoms with Crippen LogP contribution in [0.1, 0.15) is 13.3 Å². The molecule has 0 fully saturated rings. The summed E-state index contributed by atoms with van der Waals surface area (Å²) in [6.07, 6.45) is 1.03. The monoisotopic (exact) mass is 220 g/mol. The summed E-state index contributed by atoms with van der Waals surface area (Å²) in [7, 11) is 0. The van der Waals surface area contributed by atoms with E-state index in [1.807, 2.05) is 0 Å². The topological polar surface area (TPSA) is 54.0 Å². The zero-order valence-corrected chi connectivity index (χ0v) is 9.28. The average molecular weight is 220 g/mol. The average Bonchev–Trinajstić information content (AvgIpc) is 2.26. The molecule has 0 saturated carbocycles. The molecular weight excluding hydrogens is 200 g/mol. The van der Waals surface area contributed by atoms with Crippen LogP contribution in [-0.4, -0.2) is 52.7 Å². The summed E-state index contributed by atoms with van der Waals surface area (Å²) in [4.78, 5) is 9.75. The summed E-state index contributed by atoms with van der Waals surface area (Å²) in [5.74, 6) is 0. The third-order valence-corrected chi connectivity index (χ3v) is 1.51. The van der Waals surface area contributed by atoms with E-state index in [1.165, 1.54) is 0 Å². The van der Waals surface area contributed by atoms with E-state index in [1.54, 1.807) is 0 Å². The van der Waals surface area contributed by atoms with E-state index in [0.717, 1.165) is 13.0 Å². The summed E-state index contributed by atoms with van der Waals surface area (Å²) in [6, 6.07) is 0. The molecule has 5 nitrogen and oxygen atoms in total. The van der Waals surface area contributed by atoms with Crippen LogP contribution in [0.25, 0.3) is 0 Å². The molecule has 0 aliphatic carbocycles. The maximum atomic E-state index is 9.75. The highest BCUT2D eigenvalue weighted by Gasteiger charge is 1.91. The minimum atomic E-state index is 0.295. The van der Waals surface area contributed by atoms with Crippen molar-refractivity contribution in [1.29, 1.82) is 0 Å². The van der Waals surface area contributed by atoms with Crippen molar-refractivity contribution >= 4 is 6.47 Å². The van der Waals surface area contributed by atoms with Gasteiger partial charge in [-0.05, 0) is 6.42 Å². The molecule has 0 saturated heterocycles. The molecule has 0 N–H and O–H groups in total. The first-order chi connectivity index (χ1) is 7.41. The van der Waals surface area contributed by atoms with Crippen LogP contribution in [0.4, 0.5) is 0 Å². The molecule has 0 rings (SSSR count). The zero-order valence-electron chi connectivity index (χ0n) is 9.28. The fraction of sp³-hybridized carbons (Fsp3) is 0.900. The second-order valence-electron chi connectivity index (χ2n) is 2.80. The van der Waals surface area contributed by atoms with Gasteiger partial charge in [-0.15, -0.1) is 0 Å². The fourth-order valence-corrected chi connectivity index (χ4v) is 0.841. The summed E-state index contributed by atoms with van der Waals surface area (Å²) in [5.41, 5.74) is 0. The molecule has 90 valence electrons. The van der Waals surface area contributed by atoms with Crippen LogP contribution in [0.5, 0.6) is 0 Å². The summed E-state index contributed by atoms with van der Waals surface area (Å²) >= 11 is 0. The lowest BCUT2D eigenvalue weighted by molar-refractivity contribution is -0.130.